The zero-order chi connectivity index (χ0) is 15.5. The first-order valence-corrected chi connectivity index (χ1v) is 8.42. The van der Waals surface area contributed by atoms with E-state index in [0.29, 0.717) is 12.0 Å². The molecule has 2 aliphatic rings. The molecule has 0 spiro atoms. The largest absolute Gasteiger partial charge is 0.350 e. The molecule has 5 nitrogen and oxygen atoms in total. The van der Waals surface area contributed by atoms with E-state index in [1.54, 1.807) is 0 Å². The first-order chi connectivity index (χ1) is 11.4. The van der Waals surface area contributed by atoms with Crippen LogP contribution in [-0.4, -0.2) is 40.5 Å². The van der Waals surface area contributed by atoms with Crippen molar-refractivity contribution in [3.8, 4) is 0 Å². The minimum Gasteiger partial charge on any atom is -0.350 e. The number of fused-ring (bicyclic) bond motifs is 1. The van der Waals surface area contributed by atoms with E-state index < -0.39 is 0 Å². The zero-order valence-electron chi connectivity index (χ0n) is 13.3. The summed E-state index contributed by atoms with van der Waals surface area (Å²) < 4.78 is 0. The Morgan fingerprint density at radius 2 is 1.91 bits per heavy atom. The van der Waals surface area contributed by atoms with Gasteiger partial charge in [-0.05, 0) is 31.0 Å². The smallest absolute Gasteiger partial charge is 0.222 e. The van der Waals surface area contributed by atoms with Gasteiger partial charge in [0.15, 0.2) is 0 Å². The summed E-state index contributed by atoms with van der Waals surface area (Å²) in [7, 11) is 0. The normalized spacial score (nSPS) is 23.8. The third kappa shape index (κ3) is 3.35. The van der Waals surface area contributed by atoms with E-state index in [9.17, 15) is 0 Å². The molecule has 3 heterocycles. The van der Waals surface area contributed by atoms with Crippen molar-refractivity contribution in [1.82, 2.24) is 20.2 Å². The van der Waals surface area contributed by atoms with Gasteiger partial charge in [-0.3, -0.25) is 4.90 Å². The van der Waals surface area contributed by atoms with Gasteiger partial charge in [-0.2, -0.15) is 0 Å². The van der Waals surface area contributed by atoms with Crippen LogP contribution < -0.4 is 10.6 Å². The third-order valence-electron chi connectivity index (χ3n) is 4.94. The molecule has 0 radical (unpaired) electrons. The molecule has 2 atom stereocenters. The lowest BCUT2D eigenvalue weighted by Gasteiger charge is -2.22. The molecule has 0 saturated carbocycles. The van der Waals surface area contributed by atoms with Crippen molar-refractivity contribution in [3.05, 3.63) is 53.9 Å². The Morgan fingerprint density at radius 3 is 2.74 bits per heavy atom. The van der Waals surface area contributed by atoms with E-state index >= 15 is 0 Å². The Hall–Kier alpha value is -1.98. The highest BCUT2D eigenvalue weighted by atomic mass is 15.2. The number of nitrogens with zero attached hydrogens (tertiary/aromatic N) is 3. The zero-order valence-corrected chi connectivity index (χ0v) is 13.3. The van der Waals surface area contributed by atoms with Gasteiger partial charge in [0.2, 0.25) is 5.95 Å². The fraction of sp³-hybridized carbons (Fsp3) is 0.444. The number of benzene rings is 1. The Labute approximate surface area is 137 Å². The fourth-order valence-electron chi connectivity index (χ4n) is 3.67. The van der Waals surface area contributed by atoms with E-state index in [1.807, 2.05) is 30.6 Å². The van der Waals surface area contributed by atoms with Crippen LogP contribution in [0.4, 0.5) is 5.95 Å². The molecule has 0 bridgehead atoms. The SMILES string of the molecule is c1ccc(CNc2ncc(CN3CCC4CNCC43)cn2)cc1. The highest BCUT2D eigenvalue weighted by Crippen LogP contribution is 2.28. The van der Waals surface area contributed by atoms with Crippen molar-refractivity contribution in [3.63, 3.8) is 0 Å². The first-order valence-electron chi connectivity index (χ1n) is 8.42. The summed E-state index contributed by atoms with van der Waals surface area (Å²) >= 11 is 0. The highest BCUT2D eigenvalue weighted by Gasteiger charge is 2.37. The molecule has 0 aliphatic carbocycles. The van der Waals surface area contributed by atoms with Crippen LogP contribution in [-0.2, 0) is 13.1 Å². The summed E-state index contributed by atoms with van der Waals surface area (Å²) in [5.74, 6) is 1.53. The minimum atomic E-state index is 0.694. The van der Waals surface area contributed by atoms with Gasteiger partial charge in [0, 0.05) is 43.6 Å². The monoisotopic (exact) mass is 309 g/mol. The Morgan fingerprint density at radius 1 is 1.09 bits per heavy atom. The molecular weight excluding hydrogens is 286 g/mol. The van der Waals surface area contributed by atoms with Crippen molar-refractivity contribution in [2.75, 3.05) is 25.0 Å². The summed E-state index contributed by atoms with van der Waals surface area (Å²) in [5, 5.41) is 6.77. The van der Waals surface area contributed by atoms with Crippen LogP contribution in [0.1, 0.15) is 17.5 Å². The van der Waals surface area contributed by atoms with Crippen LogP contribution in [0, 0.1) is 5.92 Å². The molecule has 1 aromatic carbocycles. The number of likely N-dealkylation sites (tertiary alicyclic amines) is 1. The van der Waals surface area contributed by atoms with E-state index in [-0.39, 0.29) is 0 Å². The second kappa shape index (κ2) is 6.64. The molecule has 0 amide bonds. The number of hydrogen-bond acceptors (Lipinski definition) is 5. The molecule has 2 N–H and O–H groups in total. The molecule has 23 heavy (non-hydrogen) atoms. The topological polar surface area (TPSA) is 53.1 Å². The van der Waals surface area contributed by atoms with Crippen molar-refractivity contribution >= 4 is 5.95 Å². The molecule has 5 heteroatoms. The summed E-state index contributed by atoms with van der Waals surface area (Å²) in [6.45, 7) is 5.22. The lowest BCUT2D eigenvalue weighted by atomic mass is 10.1. The molecule has 2 unspecified atom stereocenters. The first kappa shape index (κ1) is 14.6. The summed E-state index contributed by atoms with van der Waals surface area (Å²) in [6, 6.07) is 11.0. The van der Waals surface area contributed by atoms with Crippen LogP contribution in [0.15, 0.2) is 42.7 Å². The van der Waals surface area contributed by atoms with E-state index in [4.69, 9.17) is 0 Å². The predicted molar refractivity (Wildman–Crippen MR) is 91.0 cm³/mol. The van der Waals surface area contributed by atoms with Crippen molar-refractivity contribution < 1.29 is 0 Å². The molecule has 2 aromatic rings. The summed E-state index contributed by atoms with van der Waals surface area (Å²) in [6.07, 6.45) is 5.22. The van der Waals surface area contributed by atoms with Gasteiger partial charge in [-0.1, -0.05) is 30.3 Å². The minimum absolute atomic E-state index is 0.694. The standard InChI is InChI=1S/C18H23N5/c1-2-4-14(5-3-1)8-20-18-21-9-15(10-22-18)13-23-7-6-16-11-19-12-17(16)23/h1-5,9-10,16-17,19H,6-8,11-13H2,(H,20,21,22). The maximum atomic E-state index is 4.46. The van der Waals surface area contributed by atoms with Gasteiger partial charge in [0.05, 0.1) is 0 Å². The second-order valence-electron chi connectivity index (χ2n) is 6.50. The van der Waals surface area contributed by atoms with Gasteiger partial charge in [-0.25, -0.2) is 9.97 Å². The van der Waals surface area contributed by atoms with Gasteiger partial charge in [0.1, 0.15) is 0 Å². The molecular formula is C18H23N5. The molecule has 2 saturated heterocycles. The predicted octanol–water partition coefficient (Wildman–Crippen LogP) is 1.88. The van der Waals surface area contributed by atoms with Gasteiger partial charge >= 0.3 is 0 Å². The average molecular weight is 309 g/mol. The van der Waals surface area contributed by atoms with E-state index in [0.717, 1.165) is 25.6 Å². The molecule has 2 fully saturated rings. The van der Waals surface area contributed by atoms with Crippen molar-refractivity contribution in [2.45, 2.75) is 25.6 Å². The lowest BCUT2D eigenvalue weighted by molar-refractivity contribution is 0.243. The highest BCUT2D eigenvalue weighted by molar-refractivity contribution is 5.28. The number of aromatic nitrogens is 2. The Kier molecular flexibility index (Phi) is 4.22. The summed E-state index contributed by atoms with van der Waals surface area (Å²) in [4.78, 5) is 11.5. The molecule has 2 aliphatic heterocycles. The Balaban J connectivity index is 1.33. The fourth-order valence-corrected chi connectivity index (χ4v) is 3.67. The van der Waals surface area contributed by atoms with Gasteiger partial charge in [-0.15, -0.1) is 0 Å². The van der Waals surface area contributed by atoms with Gasteiger partial charge in [0.25, 0.3) is 0 Å². The third-order valence-corrected chi connectivity index (χ3v) is 4.94. The van der Waals surface area contributed by atoms with E-state index in [2.05, 4.69) is 37.6 Å². The van der Waals surface area contributed by atoms with Crippen LogP contribution in [0.3, 0.4) is 0 Å². The average Bonchev–Trinajstić information content (AvgIpc) is 3.20. The van der Waals surface area contributed by atoms with Crippen LogP contribution in [0.5, 0.6) is 0 Å². The number of anilines is 1. The van der Waals surface area contributed by atoms with Crippen molar-refractivity contribution in [1.29, 1.82) is 0 Å². The van der Waals surface area contributed by atoms with Gasteiger partial charge < -0.3 is 10.6 Å². The Bertz CT molecular complexity index is 628. The summed E-state index contributed by atoms with van der Waals surface area (Å²) in [5.41, 5.74) is 2.43. The van der Waals surface area contributed by atoms with Crippen molar-refractivity contribution in [2.24, 2.45) is 5.92 Å². The lowest BCUT2D eigenvalue weighted by Crippen LogP contribution is -2.33. The maximum absolute atomic E-state index is 4.46. The number of rotatable bonds is 5. The molecule has 120 valence electrons. The number of nitrogens with one attached hydrogen (secondary N) is 2. The van der Waals surface area contributed by atoms with Crippen LogP contribution >= 0.6 is 0 Å². The number of hydrogen-bond donors (Lipinski definition) is 2. The second-order valence-corrected chi connectivity index (χ2v) is 6.50. The molecule has 4 rings (SSSR count). The maximum Gasteiger partial charge on any atom is 0.222 e. The van der Waals surface area contributed by atoms with Crippen LogP contribution in [0.2, 0.25) is 0 Å². The molecule has 1 aromatic heterocycles. The quantitative estimate of drug-likeness (QED) is 0.883. The van der Waals surface area contributed by atoms with E-state index in [1.165, 1.54) is 30.6 Å². The van der Waals surface area contributed by atoms with Crippen LogP contribution in [0.25, 0.3) is 0 Å².